The standard InChI is InChI=1S/C18H14F4N4O2/c1-8-3-4-12(28-8)17-24-23-16-9(2)25(5-6-26(16)17)18(27)10-7-11(19)14(21)15(22)13(10)20/h3-4,7,9H,5-6H2,1-2H3. The van der Waals surface area contributed by atoms with Gasteiger partial charge in [-0.05, 0) is 32.0 Å². The summed E-state index contributed by atoms with van der Waals surface area (Å²) in [5.41, 5.74) is -0.877. The fraction of sp³-hybridized carbons (Fsp3) is 0.278. The minimum atomic E-state index is -2.02. The Morgan fingerprint density at radius 1 is 1.11 bits per heavy atom. The van der Waals surface area contributed by atoms with Gasteiger partial charge in [0.05, 0.1) is 11.6 Å². The van der Waals surface area contributed by atoms with Crippen molar-refractivity contribution < 1.29 is 26.8 Å². The van der Waals surface area contributed by atoms with Gasteiger partial charge in [0.2, 0.25) is 0 Å². The molecule has 3 aromatic rings. The van der Waals surface area contributed by atoms with E-state index in [4.69, 9.17) is 4.42 Å². The number of aryl methyl sites for hydroxylation is 1. The monoisotopic (exact) mass is 394 g/mol. The molecule has 1 aromatic carbocycles. The normalized spacial score (nSPS) is 16.4. The Labute approximate surface area is 156 Å². The van der Waals surface area contributed by atoms with Crippen LogP contribution in [0, 0.1) is 30.2 Å². The van der Waals surface area contributed by atoms with Gasteiger partial charge in [-0.2, -0.15) is 0 Å². The number of fused-ring (bicyclic) bond motifs is 1. The van der Waals surface area contributed by atoms with Gasteiger partial charge in [-0.3, -0.25) is 4.79 Å². The molecule has 28 heavy (non-hydrogen) atoms. The number of aromatic nitrogens is 3. The Balaban J connectivity index is 1.68. The van der Waals surface area contributed by atoms with Crippen LogP contribution >= 0.6 is 0 Å². The minimum absolute atomic E-state index is 0.109. The van der Waals surface area contributed by atoms with Crippen LogP contribution in [0.3, 0.4) is 0 Å². The predicted molar refractivity (Wildman–Crippen MR) is 88.2 cm³/mol. The number of rotatable bonds is 2. The van der Waals surface area contributed by atoms with Crippen LogP contribution < -0.4 is 0 Å². The van der Waals surface area contributed by atoms with Crippen LogP contribution in [0.25, 0.3) is 11.6 Å². The van der Waals surface area contributed by atoms with E-state index in [1.54, 1.807) is 30.5 Å². The fourth-order valence-corrected chi connectivity index (χ4v) is 3.28. The fourth-order valence-electron chi connectivity index (χ4n) is 3.28. The number of hydrogen-bond acceptors (Lipinski definition) is 4. The number of amides is 1. The van der Waals surface area contributed by atoms with Crippen LogP contribution in [0.1, 0.15) is 34.9 Å². The van der Waals surface area contributed by atoms with Crippen LogP contribution in [0.2, 0.25) is 0 Å². The first-order chi connectivity index (χ1) is 13.3. The van der Waals surface area contributed by atoms with Gasteiger partial charge in [0.1, 0.15) is 5.76 Å². The van der Waals surface area contributed by atoms with Gasteiger partial charge in [0, 0.05) is 13.1 Å². The molecule has 0 radical (unpaired) electrons. The Kier molecular flexibility index (Phi) is 4.20. The van der Waals surface area contributed by atoms with Gasteiger partial charge < -0.3 is 13.9 Å². The van der Waals surface area contributed by atoms with Crippen molar-refractivity contribution in [2.45, 2.75) is 26.4 Å². The molecule has 4 rings (SSSR count). The van der Waals surface area contributed by atoms with Crippen molar-refractivity contribution in [1.82, 2.24) is 19.7 Å². The summed E-state index contributed by atoms with van der Waals surface area (Å²) in [6.45, 7) is 3.79. The zero-order chi connectivity index (χ0) is 20.2. The lowest BCUT2D eigenvalue weighted by molar-refractivity contribution is 0.0631. The van der Waals surface area contributed by atoms with E-state index in [0.717, 1.165) is 0 Å². The molecule has 6 nitrogen and oxygen atoms in total. The highest BCUT2D eigenvalue weighted by Crippen LogP contribution is 2.31. The molecule has 1 aliphatic heterocycles. The Morgan fingerprint density at radius 3 is 2.54 bits per heavy atom. The second kappa shape index (κ2) is 6.47. The van der Waals surface area contributed by atoms with Crippen LogP contribution in [0.15, 0.2) is 22.6 Å². The van der Waals surface area contributed by atoms with Gasteiger partial charge in [-0.1, -0.05) is 0 Å². The topological polar surface area (TPSA) is 64.2 Å². The van der Waals surface area contributed by atoms with Gasteiger partial charge in [-0.25, -0.2) is 17.6 Å². The number of benzene rings is 1. The molecular formula is C18H14F4N4O2. The van der Waals surface area contributed by atoms with E-state index in [0.29, 0.717) is 29.2 Å². The van der Waals surface area contributed by atoms with Crippen molar-refractivity contribution in [3.05, 3.63) is 58.6 Å². The Morgan fingerprint density at radius 2 is 1.86 bits per heavy atom. The second-order valence-corrected chi connectivity index (χ2v) is 6.47. The first-order valence-electron chi connectivity index (χ1n) is 8.43. The molecule has 1 atom stereocenters. The molecule has 2 aromatic heterocycles. The smallest absolute Gasteiger partial charge is 0.257 e. The largest absolute Gasteiger partial charge is 0.458 e. The van der Waals surface area contributed by atoms with Crippen molar-refractivity contribution in [1.29, 1.82) is 0 Å². The molecular weight excluding hydrogens is 380 g/mol. The predicted octanol–water partition coefficient (Wildman–Crippen LogP) is 3.62. The minimum Gasteiger partial charge on any atom is -0.458 e. The molecule has 0 spiro atoms. The molecule has 0 aliphatic carbocycles. The average molecular weight is 394 g/mol. The molecule has 0 bridgehead atoms. The van der Waals surface area contributed by atoms with Crippen LogP contribution in [0.4, 0.5) is 17.6 Å². The SMILES string of the molecule is Cc1ccc(-c2nnc3n2CCN(C(=O)c2cc(F)c(F)c(F)c2F)C3C)o1. The van der Waals surface area contributed by atoms with E-state index >= 15 is 0 Å². The molecule has 1 aliphatic rings. The Hall–Kier alpha value is -3.17. The summed E-state index contributed by atoms with van der Waals surface area (Å²) in [5.74, 6) is -6.21. The lowest BCUT2D eigenvalue weighted by atomic mass is 10.1. The summed E-state index contributed by atoms with van der Waals surface area (Å²) in [4.78, 5) is 13.9. The summed E-state index contributed by atoms with van der Waals surface area (Å²) >= 11 is 0. The second-order valence-electron chi connectivity index (χ2n) is 6.47. The molecule has 1 unspecified atom stereocenters. The van der Waals surface area contributed by atoms with Crippen molar-refractivity contribution in [3.8, 4) is 11.6 Å². The van der Waals surface area contributed by atoms with Gasteiger partial charge in [0.15, 0.2) is 40.7 Å². The summed E-state index contributed by atoms with van der Waals surface area (Å²) in [7, 11) is 0. The van der Waals surface area contributed by atoms with E-state index in [2.05, 4.69) is 10.2 Å². The van der Waals surface area contributed by atoms with Crippen molar-refractivity contribution in [2.75, 3.05) is 6.54 Å². The number of hydrogen-bond donors (Lipinski definition) is 0. The first kappa shape index (κ1) is 18.2. The molecule has 10 heteroatoms. The molecule has 0 fully saturated rings. The number of halogens is 4. The van der Waals surface area contributed by atoms with Gasteiger partial charge in [-0.15, -0.1) is 10.2 Å². The Bertz CT molecular complexity index is 1090. The molecule has 1 amide bonds. The van der Waals surface area contributed by atoms with Crippen molar-refractivity contribution >= 4 is 5.91 Å². The quantitative estimate of drug-likeness (QED) is 0.378. The van der Waals surface area contributed by atoms with Crippen LogP contribution in [-0.2, 0) is 6.54 Å². The summed E-state index contributed by atoms with van der Waals surface area (Å²) in [6.07, 6.45) is 0. The maximum Gasteiger partial charge on any atom is 0.257 e. The lowest BCUT2D eigenvalue weighted by Gasteiger charge is -2.33. The van der Waals surface area contributed by atoms with Crippen molar-refractivity contribution in [2.24, 2.45) is 0 Å². The van der Waals surface area contributed by atoms with E-state index in [1.165, 1.54) is 4.90 Å². The molecule has 146 valence electrons. The van der Waals surface area contributed by atoms with Crippen LogP contribution in [0.5, 0.6) is 0 Å². The zero-order valence-corrected chi connectivity index (χ0v) is 14.8. The maximum atomic E-state index is 14.0. The molecule has 0 saturated heterocycles. The van der Waals surface area contributed by atoms with Gasteiger partial charge >= 0.3 is 0 Å². The highest BCUT2D eigenvalue weighted by Gasteiger charge is 2.35. The molecule has 3 heterocycles. The first-order valence-corrected chi connectivity index (χ1v) is 8.43. The third-order valence-electron chi connectivity index (χ3n) is 4.74. The van der Waals surface area contributed by atoms with E-state index in [-0.39, 0.29) is 13.1 Å². The number of carbonyl (C=O) groups excluding carboxylic acids is 1. The van der Waals surface area contributed by atoms with Crippen molar-refractivity contribution in [3.63, 3.8) is 0 Å². The molecule has 0 saturated carbocycles. The van der Waals surface area contributed by atoms with E-state index in [1.807, 2.05) is 0 Å². The lowest BCUT2D eigenvalue weighted by Crippen LogP contribution is -2.41. The van der Waals surface area contributed by atoms with E-state index < -0.39 is 40.8 Å². The third-order valence-corrected chi connectivity index (χ3v) is 4.74. The number of furan rings is 1. The summed E-state index contributed by atoms with van der Waals surface area (Å²) in [6, 6.07) is 3.22. The van der Waals surface area contributed by atoms with Crippen LogP contribution in [-0.4, -0.2) is 32.1 Å². The third kappa shape index (κ3) is 2.67. The van der Waals surface area contributed by atoms with E-state index in [9.17, 15) is 22.4 Å². The average Bonchev–Trinajstić information content (AvgIpc) is 3.29. The summed E-state index contributed by atoms with van der Waals surface area (Å²) in [5, 5.41) is 8.17. The summed E-state index contributed by atoms with van der Waals surface area (Å²) < 4.78 is 61.5. The highest BCUT2D eigenvalue weighted by molar-refractivity contribution is 5.95. The number of carbonyl (C=O) groups is 1. The van der Waals surface area contributed by atoms with Gasteiger partial charge in [0.25, 0.3) is 5.91 Å². The molecule has 0 N–H and O–H groups in total. The number of nitrogens with zero attached hydrogens (tertiary/aromatic N) is 4. The maximum absolute atomic E-state index is 14.0. The highest BCUT2D eigenvalue weighted by atomic mass is 19.2. The zero-order valence-electron chi connectivity index (χ0n) is 14.8.